The van der Waals surface area contributed by atoms with Gasteiger partial charge < -0.3 is 23.4 Å². The Balaban J connectivity index is -0.0000000655. The van der Waals surface area contributed by atoms with Crippen LogP contribution < -0.4 is 23.4 Å². The number of carbonyl (C=O) groups excluding carboxylic acids is 3. The minimum absolute atomic E-state index is 0. The lowest BCUT2D eigenvalue weighted by molar-refractivity contribution is -0.114. The Morgan fingerprint density at radius 2 is 0.750 bits per heavy atom. The second kappa shape index (κ2) is 18.4. The maximum atomic E-state index is 9.47. The van der Waals surface area contributed by atoms with Crippen LogP contribution in [0, 0.1) is 0 Å². The number of hydrogen-bond acceptors (Lipinski definition) is 4. The molecule has 0 saturated heterocycles. The van der Waals surface area contributed by atoms with Crippen molar-refractivity contribution in [3.05, 3.63) is 38.0 Å². The molecule has 3 amide bonds. The average molecular weight is 230 g/mol. The molecular weight excluding hydrogens is 212 g/mol. The van der Waals surface area contributed by atoms with Crippen molar-refractivity contribution in [2.75, 3.05) is 0 Å². The molecular formula is C9H18N4O3. The second-order valence-corrected chi connectivity index (χ2v) is 1.82. The number of nitrogens with two attached hydrogens (primary N) is 3. The highest BCUT2D eigenvalue weighted by atomic mass is 16.1. The third-order valence-corrected chi connectivity index (χ3v) is 0.604. The summed E-state index contributed by atoms with van der Waals surface area (Å²) in [5.74, 6) is -1.44. The molecule has 0 unspecified atom stereocenters. The van der Waals surface area contributed by atoms with Gasteiger partial charge in [-0.25, -0.2) is 0 Å². The summed E-state index contributed by atoms with van der Waals surface area (Å²) < 4.78 is 0. The lowest BCUT2D eigenvalue weighted by Gasteiger charge is -1.65. The first-order valence-electron chi connectivity index (χ1n) is 3.57. The number of primary amides is 3. The Bertz CT molecular complexity index is 219. The van der Waals surface area contributed by atoms with Gasteiger partial charge in [0.05, 0.1) is 0 Å². The fourth-order valence-corrected chi connectivity index (χ4v) is 0. The van der Waals surface area contributed by atoms with Crippen molar-refractivity contribution in [3.63, 3.8) is 0 Å². The van der Waals surface area contributed by atoms with Crippen molar-refractivity contribution in [1.82, 2.24) is 6.15 Å². The van der Waals surface area contributed by atoms with Gasteiger partial charge in [0, 0.05) is 0 Å². The summed E-state index contributed by atoms with van der Waals surface area (Å²) in [6, 6.07) is 0. The van der Waals surface area contributed by atoms with Gasteiger partial charge in [-0.2, -0.15) is 0 Å². The van der Waals surface area contributed by atoms with Crippen LogP contribution in [0.4, 0.5) is 0 Å². The van der Waals surface area contributed by atoms with E-state index in [9.17, 15) is 14.4 Å². The van der Waals surface area contributed by atoms with Gasteiger partial charge in [-0.15, -0.1) is 0 Å². The van der Waals surface area contributed by atoms with Crippen LogP contribution in [0.2, 0.25) is 0 Å². The average Bonchev–Trinajstić information content (AvgIpc) is 2.19. The zero-order valence-electron chi connectivity index (χ0n) is 9.02. The van der Waals surface area contributed by atoms with Gasteiger partial charge >= 0.3 is 0 Å². The van der Waals surface area contributed by atoms with Crippen LogP contribution in [-0.2, 0) is 14.4 Å². The van der Waals surface area contributed by atoms with E-state index in [1.165, 1.54) is 0 Å². The SMILES string of the molecule is C=CC(N)=O.C=CC(N)=O.C=CC(N)=O.N. The van der Waals surface area contributed by atoms with E-state index in [0.717, 1.165) is 18.2 Å². The minimum Gasteiger partial charge on any atom is -0.366 e. The maximum Gasteiger partial charge on any atom is 0.240 e. The smallest absolute Gasteiger partial charge is 0.240 e. The molecule has 0 fully saturated rings. The molecule has 0 aliphatic rings. The molecule has 9 N–H and O–H groups in total. The Morgan fingerprint density at radius 3 is 0.750 bits per heavy atom. The maximum absolute atomic E-state index is 9.47. The van der Waals surface area contributed by atoms with E-state index in [0.29, 0.717) is 0 Å². The molecule has 7 heteroatoms. The molecule has 0 aliphatic carbocycles. The molecule has 0 aromatic rings. The summed E-state index contributed by atoms with van der Waals surface area (Å²) in [4.78, 5) is 28.4. The van der Waals surface area contributed by atoms with Crippen LogP contribution in [-0.4, -0.2) is 17.7 Å². The first kappa shape index (κ1) is 23.4. The predicted octanol–water partition coefficient (Wildman–Crippen LogP) is -0.865. The van der Waals surface area contributed by atoms with E-state index in [2.05, 4.69) is 36.9 Å². The lowest BCUT2D eigenvalue weighted by atomic mass is 10.6. The van der Waals surface area contributed by atoms with Crippen molar-refractivity contribution in [2.45, 2.75) is 0 Å². The molecule has 0 saturated carbocycles. The normalized spacial score (nSPS) is 6.00. The molecule has 0 rings (SSSR count). The summed E-state index contributed by atoms with van der Waals surface area (Å²) in [5, 5.41) is 0. The Kier molecular flexibility index (Phi) is 26.9. The molecule has 0 spiro atoms. The standard InChI is InChI=1S/3C3H5NO.H3N/c3*1-2-3(4)5;/h3*2H,1H2,(H2,4,5);1H3. The number of carbonyl (C=O) groups is 3. The van der Waals surface area contributed by atoms with E-state index in [-0.39, 0.29) is 6.15 Å². The van der Waals surface area contributed by atoms with Gasteiger partial charge in [0.25, 0.3) is 0 Å². The van der Waals surface area contributed by atoms with Crippen LogP contribution in [0.5, 0.6) is 0 Å². The summed E-state index contributed by atoms with van der Waals surface area (Å²) in [7, 11) is 0. The summed E-state index contributed by atoms with van der Waals surface area (Å²) in [5.41, 5.74) is 13.6. The number of amides is 3. The van der Waals surface area contributed by atoms with Crippen LogP contribution in [0.1, 0.15) is 0 Å². The Hall–Kier alpha value is -2.41. The van der Waals surface area contributed by atoms with Crippen molar-refractivity contribution < 1.29 is 14.4 Å². The monoisotopic (exact) mass is 230 g/mol. The zero-order valence-corrected chi connectivity index (χ0v) is 9.02. The zero-order chi connectivity index (χ0) is 12.9. The molecule has 0 aliphatic heterocycles. The van der Waals surface area contributed by atoms with E-state index in [1.54, 1.807) is 0 Å². The van der Waals surface area contributed by atoms with Crippen LogP contribution >= 0.6 is 0 Å². The van der Waals surface area contributed by atoms with Gasteiger partial charge in [-0.1, -0.05) is 19.7 Å². The first-order valence-corrected chi connectivity index (χ1v) is 3.57. The van der Waals surface area contributed by atoms with Crippen LogP contribution in [0.15, 0.2) is 38.0 Å². The van der Waals surface area contributed by atoms with Gasteiger partial charge in [0.15, 0.2) is 0 Å². The van der Waals surface area contributed by atoms with Crippen molar-refractivity contribution in [1.29, 1.82) is 0 Å². The van der Waals surface area contributed by atoms with Gasteiger partial charge in [0.2, 0.25) is 17.7 Å². The molecule has 0 aromatic heterocycles. The summed E-state index contributed by atoms with van der Waals surface area (Å²) >= 11 is 0. The van der Waals surface area contributed by atoms with Gasteiger partial charge in [-0.3, -0.25) is 14.4 Å². The Morgan fingerprint density at radius 1 is 0.688 bits per heavy atom. The predicted molar refractivity (Wildman–Crippen MR) is 63.2 cm³/mol. The van der Waals surface area contributed by atoms with Crippen LogP contribution in [0.3, 0.4) is 0 Å². The molecule has 16 heavy (non-hydrogen) atoms. The highest BCUT2D eigenvalue weighted by Crippen LogP contribution is 1.49. The fraction of sp³-hybridized carbons (Fsp3) is 0. The molecule has 92 valence electrons. The van der Waals surface area contributed by atoms with Crippen molar-refractivity contribution in [3.8, 4) is 0 Å². The Labute approximate surface area is 94.2 Å². The minimum atomic E-state index is -0.481. The molecule has 0 bridgehead atoms. The molecule has 7 nitrogen and oxygen atoms in total. The highest BCUT2D eigenvalue weighted by Gasteiger charge is 1.70. The highest BCUT2D eigenvalue weighted by molar-refractivity contribution is 5.85. The quantitative estimate of drug-likeness (QED) is 0.463. The van der Waals surface area contributed by atoms with Gasteiger partial charge in [0.1, 0.15) is 0 Å². The van der Waals surface area contributed by atoms with Crippen LogP contribution in [0.25, 0.3) is 0 Å². The first-order chi connectivity index (χ1) is 6.81. The summed E-state index contributed by atoms with van der Waals surface area (Å²) in [6.45, 7) is 9.26. The molecule has 0 aromatic carbocycles. The summed E-state index contributed by atoms with van der Waals surface area (Å²) in [6.07, 6.45) is 3.17. The van der Waals surface area contributed by atoms with E-state index < -0.39 is 17.7 Å². The third-order valence-electron chi connectivity index (χ3n) is 0.604. The largest absolute Gasteiger partial charge is 0.366 e. The third kappa shape index (κ3) is 101. The van der Waals surface area contributed by atoms with E-state index >= 15 is 0 Å². The number of rotatable bonds is 3. The fourth-order valence-electron chi connectivity index (χ4n) is 0. The van der Waals surface area contributed by atoms with Gasteiger partial charge in [-0.05, 0) is 18.2 Å². The van der Waals surface area contributed by atoms with Crippen molar-refractivity contribution in [2.24, 2.45) is 17.2 Å². The van der Waals surface area contributed by atoms with Crippen molar-refractivity contribution >= 4 is 17.7 Å². The molecule has 0 atom stereocenters. The topological polar surface area (TPSA) is 164 Å². The van der Waals surface area contributed by atoms with E-state index in [1.807, 2.05) is 0 Å². The van der Waals surface area contributed by atoms with E-state index in [4.69, 9.17) is 0 Å². The molecule has 0 radical (unpaired) electrons. The molecule has 0 heterocycles. The lowest BCUT2D eigenvalue weighted by Crippen LogP contribution is -2.04. The second-order valence-electron chi connectivity index (χ2n) is 1.82. The number of hydrogen-bond donors (Lipinski definition) is 4.